The van der Waals surface area contributed by atoms with E-state index in [-0.39, 0.29) is 61.0 Å². The van der Waals surface area contributed by atoms with Gasteiger partial charge in [-0.15, -0.1) is 0 Å². The Morgan fingerprint density at radius 3 is 0.593 bits per heavy atom. The molecule has 0 N–H and O–H groups in total. The third-order valence-electron chi connectivity index (χ3n) is 25.1. The summed E-state index contributed by atoms with van der Waals surface area (Å²) in [5.74, 6) is 5.11. The Balaban J connectivity index is 0.000000123. The van der Waals surface area contributed by atoms with Crippen molar-refractivity contribution < 1.29 is 28.4 Å². The van der Waals surface area contributed by atoms with E-state index in [0.717, 1.165) is 118 Å². The molecule has 0 aliphatic carbocycles. The molecule has 5 aliphatic heterocycles. The van der Waals surface area contributed by atoms with Gasteiger partial charge in [-0.2, -0.15) is 0 Å². The van der Waals surface area contributed by atoms with Gasteiger partial charge >= 0.3 is 0 Å². The van der Waals surface area contributed by atoms with Crippen LogP contribution in [0.1, 0.15) is 127 Å². The first kappa shape index (κ1) is 93.7. The van der Waals surface area contributed by atoms with Crippen LogP contribution in [0.4, 0.5) is 28.4 Å². The Hall–Kier alpha value is -14.5. The first-order chi connectivity index (χ1) is 66.0. The molecule has 0 radical (unpaired) electrons. The summed E-state index contributed by atoms with van der Waals surface area (Å²) >= 11 is 8.45. The van der Waals surface area contributed by atoms with Crippen LogP contribution in [-0.4, -0.2) is 101 Å². The van der Waals surface area contributed by atoms with E-state index in [9.17, 15) is 0 Å². The second kappa shape index (κ2) is 44.3. The van der Waals surface area contributed by atoms with E-state index >= 15 is 0 Å². The van der Waals surface area contributed by atoms with Crippen LogP contribution < -0.4 is 52.9 Å². The molecule has 10 atom stereocenters. The van der Waals surface area contributed by atoms with Crippen LogP contribution in [0.15, 0.2) is 425 Å². The molecule has 680 valence electrons. The largest absolute Gasteiger partial charge is 0.497 e. The predicted molar refractivity (Wildman–Crippen MR) is 565 cm³/mol. The summed E-state index contributed by atoms with van der Waals surface area (Å²) in [6.07, 6.45) is -0.342. The molecule has 0 saturated carbocycles. The Morgan fingerprint density at radius 1 is 0.215 bits per heavy atom. The molecule has 0 saturated heterocycles. The van der Waals surface area contributed by atoms with Gasteiger partial charge < -0.3 is 52.9 Å². The lowest BCUT2D eigenvalue weighted by atomic mass is 10.0. The standard InChI is InChI=1S/C24H24N2O2.C24H24N2O.C23H21ClN2O.C23H21IN2O.C23H22N2O/c1-17-23(18-7-5-4-6-8-18)25-24(19-9-13-21(27-2)14-10-19)26(17)20-11-15-22(28-3)16-12-20;1-17-9-13-21(14-10-17)26-18(2)23(19-7-5-4-6-8-19)25-24(26)20-11-15-22(27-3)16-12-20;2*1-16-22(17-6-4-3-5-7-17)25-23(18-8-14-21(27-2)15-9-18)26(16)20-12-10-19(24)11-13-20;1-17-22(18-9-5-3-6-10-18)24-23(19-13-15-21(26-2)16-14-19)25(17)20-11-7-4-8-12-20/h4-17,24H,1-3H3;4-16,18,24H,1-3H3;2*3-16,23H,1-2H3;3-17,23H,1-2H3. The van der Waals surface area contributed by atoms with Crippen molar-refractivity contribution in [1.29, 1.82) is 0 Å². The molecule has 0 spiro atoms. The summed E-state index contributed by atoms with van der Waals surface area (Å²) in [5.41, 5.74) is 24.1. The number of aryl methyl sites for hydroxylation is 1. The number of benzene rings is 15. The lowest BCUT2D eigenvalue weighted by Crippen LogP contribution is -2.35. The van der Waals surface area contributed by atoms with Crippen molar-refractivity contribution in [3.63, 3.8) is 0 Å². The van der Waals surface area contributed by atoms with Crippen molar-refractivity contribution >= 4 is 91.2 Å². The molecule has 135 heavy (non-hydrogen) atoms. The van der Waals surface area contributed by atoms with Crippen LogP contribution >= 0.6 is 34.2 Å². The Kier molecular flexibility index (Phi) is 30.8. The molecule has 20 rings (SSSR count). The van der Waals surface area contributed by atoms with Crippen molar-refractivity contribution in [2.45, 2.75) is 103 Å². The molecule has 5 aliphatic rings. The summed E-state index contributed by atoms with van der Waals surface area (Å²) in [4.78, 5) is 37.5. The van der Waals surface area contributed by atoms with E-state index in [2.05, 4.69) is 368 Å². The van der Waals surface area contributed by atoms with Crippen LogP contribution in [0.25, 0.3) is 0 Å². The minimum atomic E-state index is -0.0951. The summed E-state index contributed by atoms with van der Waals surface area (Å²) in [5, 5.41) is 0.732. The minimum Gasteiger partial charge on any atom is -0.497 e. The lowest BCUT2D eigenvalue weighted by Gasteiger charge is -2.30. The zero-order chi connectivity index (χ0) is 93.9. The first-order valence-corrected chi connectivity index (χ1v) is 47.0. The highest BCUT2D eigenvalue weighted by molar-refractivity contribution is 14.1. The van der Waals surface area contributed by atoms with Gasteiger partial charge in [0.05, 0.1) is 101 Å². The quantitative estimate of drug-likeness (QED) is 0.0637. The predicted octanol–water partition coefficient (Wildman–Crippen LogP) is 27.0. The minimum absolute atomic E-state index is 0.0477. The maximum atomic E-state index is 6.11. The number of nitrogens with zero attached hydrogens (tertiary/aromatic N) is 10. The van der Waals surface area contributed by atoms with Crippen LogP contribution in [0, 0.1) is 10.5 Å². The van der Waals surface area contributed by atoms with E-state index in [1.54, 1.807) is 42.7 Å². The van der Waals surface area contributed by atoms with Gasteiger partial charge in [-0.3, -0.25) is 25.0 Å². The highest BCUT2D eigenvalue weighted by Crippen LogP contribution is 2.45. The first-order valence-electron chi connectivity index (χ1n) is 45.5. The monoisotopic (exact) mass is 1910 g/mol. The maximum absolute atomic E-state index is 6.11. The summed E-state index contributed by atoms with van der Waals surface area (Å²) < 4.78 is 33.1. The zero-order valence-corrected chi connectivity index (χ0v) is 81.0. The second-order valence-electron chi connectivity index (χ2n) is 33.4. The van der Waals surface area contributed by atoms with E-state index in [1.165, 1.54) is 42.9 Å². The molecule has 15 aromatic carbocycles. The van der Waals surface area contributed by atoms with Gasteiger partial charge in [-0.05, 0) is 277 Å². The number of halogens is 2. The van der Waals surface area contributed by atoms with Crippen LogP contribution in [-0.2, 0) is 0 Å². The fourth-order valence-corrected chi connectivity index (χ4v) is 18.5. The number of hydrogen-bond acceptors (Lipinski definition) is 16. The summed E-state index contributed by atoms with van der Waals surface area (Å²) in [7, 11) is 10.1. The molecular formula is C117H112ClIN10O6. The topological polar surface area (TPSA) is 133 Å². The molecule has 0 aromatic heterocycles. The Bertz CT molecular complexity index is 6120. The van der Waals surface area contributed by atoms with Gasteiger partial charge in [0.25, 0.3) is 0 Å². The number of anilines is 5. The van der Waals surface area contributed by atoms with Gasteiger partial charge in [-0.25, -0.2) is 0 Å². The van der Waals surface area contributed by atoms with Gasteiger partial charge in [0.2, 0.25) is 0 Å². The fraction of sp³-hybridized carbons (Fsp3) is 0.188. The molecule has 10 unspecified atom stereocenters. The third-order valence-corrected chi connectivity index (χ3v) is 26.1. The van der Waals surface area contributed by atoms with Crippen LogP contribution in [0.5, 0.6) is 34.5 Å². The van der Waals surface area contributed by atoms with Crippen molar-refractivity contribution in [3.05, 3.63) is 470 Å². The van der Waals surface area contributed by atoms with Crippen LogP contribution in [0.3, 0.4) is 0 Å². The molecule has 18 heteroatoms. The Morgan fingerprint density at radius 2 is 0.385 bits per heavy atom. The van der Waals surface area contributed by atoms with E-state index in [0.29, 0.717) is 0 Å². The molecule has 0 bridgehead atoms. The lowest BCUT2D eigenvalue weighted by molar-refractivity contribution is 0.414. The molecule has 0 fully saturated rings. The van der Waals surface area contributed by atoms with Crippen molar-refractivity contribution in [2.24, 2.45) is 25.0 Å². The van der Waals surface area contributed by atoms with Crippen molar-refractivity contribution in [2.75, 3.05) is 67.2 Å². The molecule has 0 amide bonds. The summed E-state index contributed by atoms with van der Waals surface area (Å²) in [6, 6.07) is 138. The third kappa shape index (κ3) is 21.7. The number of methoxy groups -OCH3 is 6. The SMILES string of the molecule is COc1ccc(C2N=C(c3ccccc3)C(C)N2c2ccc(C)cc2)cc1.COc1ccc(C2N=C(c3ccccc3)C(C)N2c2ccc(Cl)cc2)cc1.COc1ccc(C2N=C(c3ccccc3)C(C)N2c2ccc(I)cc2)cc1.COc1ccc(C2N=C(c3ccccc3)C(C)N2c2ccc(OC)cc2)cc1.COc1ccc(C2N=C(c3ccccc3)C(C)N2c2ccccc2)cc1. The van der Waals surface area contributed by atoms with Gasteiger partial charge in [0.15, 0.2) is 0 Å². The van der Waals surface area contributed by atoms with Gasteiger partial charge in [0.1, 0.15) is 65.3 Å². The van der Waals surface area contributed by atoms with Crippen molar-refractivity contribution in [1.82, 2.24) is 0 Å². The molecular weight excluding hydrogens is 1800 g/mol. The number of hydrogen-bond donors (Lipinski definition) is 0. The average Bonchev–Trinajstić information content (AvgIpc) is 1.65. The van der Waals surface area contributed by atoms with E-state index in [1.807, 2.05) is 121 Å². The van der Waals surface area contributed by atoms with Gasteiger partial charge in [0, 0.05) is 37.0 Å². The number of ether oxygens (including phenoxy) is 6. The smallest absolute Gasteiger partial charge is 0.148 e. The fourth-order valence-electron chi connectivity index (χ4n) is 18.0. The number of para-hydroxylation sites is 1. The highest BCUT2D eigenvalue weighted by Gasteiger charge is 2.41. The zero-order valence-electron chi connectivity index (χ0n) is 78.1. The van der Waals surface area contributed by atoms with E-state index < -0.39 is 0 Å². The van der Waals surface area contributed by atoms with Crippen LogP contribution in [0.2, 0.25) is 5.02 Å². The van der Waals surface area contributed by atoms with Crippen molar-refractivity contribution in [3.8, 4) is 34.5 Å². The normalized spacial score (nSPS) is 19.0. The molecule has 16 nitrogen and oxygen atoms in total. The van der Waals surface area contributed by atoms with E-state index in [4.69, 9.17) is 65.0 Å². The Labute approximate surface area is 813 Å². The average molecular weight is 1920 g/mol. The number of aliphatic imine (C=N–C) groups is 5. The number of rotatable bonds is 21. The highest BCUT2D eigenvalue weighted by atomic mass is 127. The maximum Gasteiger partial charge on any atom is 0.148 e. The van der Waals surface area contributed by atoms with Gasteiger partial charge in [-0.1, -0.05) is 260 Å². The summed E-state index contributed by atoms with van der Waals surface area (Å²) in [6.45, 7) is 13.2. The second-order valence-corrected chi connectivity index (χ2v) is 35.1. The molecule has 15 aromatic rings. The molecule has 5 heterocycles.